The predicted molar refractivity (Wildman–Crippen MR) is 86.1 cm³/mol. The van der Waals surface area contributed by atoms with Crippen LogP contribution in [0, 0.1) is 0 Å². The van der Waals surface area contributed by atoms with Crippen molar-refractivity contribution in [1.82, 2.24) is 0 Å². The first-order valence-electron chi connectivity index (χ1n) is 6.46. The summed E-state index contributed by atoms with van der Waals surface area (Å²) in [6.07, 6.45) is 1.96. The molecule has 2 aromatic carbocycles. The van der Waals surface area contributed by atoms with E-state index in [1.165, 1.54) is 0 Å². The Hall–Kier alpha value is -2.17. The van der Waals surface area contributed by atoms with Crippen molar-refractivity contribution < 1.29 is 13.0 Å². The molecule has 0 fully saturated rings. The monoisotopic (exact) mass is 300 g/mol. The van der Waals surface area contributed by atoms with Crippen molar-refractivity contribution in [2.24, 2.45) is 0 Å². The molecule has 0 atom stereocenters. The van der Waals surface area contributed by atoms with Crippen LogP contribution in [0.1, 0.15) is 17.5 Å². The van der Waals surface area contributed by atoms with E-state index in [1.807, 2.05) is 30.3 Å². The Kier molecular flexibility index (Phi) is 4.73. The van der Waals surface area contributed by atoms with E-state index in [9.17, 15) is 13.0 Å². The lowest BCUT2D eigenvalue weighted by molar-refractivity contribution is 0.496. The van der Waals surface area contributed by atoms with Crippen LogP contribution in [0.3, 0.4) is 0 Å². The maximum atomic E-state index is 11.9. The molecule has 2 aromatic rings. The molecule has 0 aromatic heterocycles. The first-order chi connectivity index (χ1) is 10.0. The zero-order valence-corrected chi connectivity index (χ0v) is 12.3. The van der Waals surface area contributed by atoms with Gasteiger partial charge >= 0.3 is 0 Å². The normalized spacial score (nSPS) is 12.6. The van der Waals surface area contributed by atoms with Gasteiger partial charge in [0.2, 0.25) is 0 Å². The molecular formula is C17H16O3S. The number of hydrogen-bond donors (Lipinski definition) is 1. The molecule has 108 valence electrons. The maximum Gasteiger partial charge on any atom is 0.295 e. The Balaban J connectivity index is 2.78. The SMILES string of the molecule is C=CCC(=C(c1ccccc1)S(=O)(=O)O)c1ccccc1. The Labute approximate surface area is 125 Å². The number of benzene rings is 2. The molecular weight excluding hydrogens is 284 g/mol. The fourth-order valence-corrected chi connectivity index (χ4v) is 3.14. The minimum atomic E-state index is -4.36. The van der Waals surface area contributed by atoms with Crippen LogP contribution >= 0.6 is 0 Å². The van der Waals surface area contributed by atoms with Gasteiger partial charge in [-0.15, -0.1) is 6.58 Å². The standard InChI is InChI=1S/C17H16O3S/c1-2-9-16(14-10-5-3-6-11-14)17(21(18,19)20)15-12-7-4-8-13-15/h2-8,10-13H,1,9H2,(H,18,19,20). The highest BCUT2D eigenvalue weighted by atomic mass is 32.2. The molecule has 0 saturated carbocycles. The van der Waals surface area contributed by atoms with Crippen molar-refractivity contribution in [3.05, 3.63) is 84.4 Å². The minimum Gasteiger partial charge on any atom is -0.282 e. The zero-order valence-electron chi connectivity index (χ0n) is 11.4. The highest BCUT2D eigenvalue weighted by Crippen LogP contribution is 2.32. The van der Waals surface area contributed by atoms with E-state index < -0.39 is 10.1 Å². The summed E-state index contributed by atoms with van der Waals surface area (Å²) in [5.41, 5.74) is 1.73. The summed E-state index contributed by atoms with van der Waals surface area (Å²) in [5, 5.41) is 0. The number of allylic oxidation sites excluding steroid dienone is 2. The summed E-state index contributed by atoms with van der Waals surface area (Å²) < 4.78 is 33.4. The van der Waals surface area contributed by atoms with Gasteiger partial charge in [-0.25, -0.2) is 0 Å². The number of rotatable bonds is 5. The maximum absolute atomic E-state index is 11.9. The van der Waals surface area contributed by atoms with Crippen molar-refractivity contribution >= 4 is 20.6 Å². The van der Waals surface area contributed by atoms with E-state index in [0.29, 0.717) is 17.6 Å². The number of hydrogen-bond acceptors (Lipinski definition) is 2. The molecule has 0 radical (unpaired) electrons. The van der Waals surface area contributed by atoms with Gasteiger partial charge in [-0.1, -0.05) is 66.7 Å². The zero-order chi connectivity index (χ0) is 15.3. The Morgan fingerprint density at radius 3 is 1.86 bits per heavy atom. The van der Waals surface area contributed by atoms with Crippen LogP contribution < -0.4 is 0 Å². The fraction of sp³-hybridized carbons (Fsp3) is 0.0588. The molecule has 0 unspecified atom stereocenters. The van der Waals surface area contributed by atoms with Crippen LogP contribution in [0.4, 0.5) is 0 Å². The van der Waals surface area contributed by atoms with Crippen LogP contribution in [-0.4, -0.2) is 13.0 Å². The molecule has 0 spiro atoms. The molecule has 0 aliphatic rings. The summed E-state index contributed by atoms with van der Waals surface area (Å²) in [4.78, 5) is -0.0748. The molecule has 0 heterocycles. The van der Waals surface area contributed by atoms with E-state index in [0.717, 1.165) is 5.56 Å². The van der Waals surface area contributed by atoms with Gasteiger partial charge < -0.3 is 0 Å². The minimum absolute atomic E-state index is 0.0748. The van der Waals surface area contributed by atoms with Crippen LogP contribution in [0.15, 0.2) is 73.3 Å². The van der Waals surface area contributed by atoms with Gasteiger partial charge in [0.15, 0.2) is 0 Å². The van der Waals surface area contributed by atoms with Gasteiger partial charge in [0.1, 0.15) is 4.91 Å². The van der Waals surface area contributed by atoms with E-state index >= 15 is 0 Å². The Bertz CT molecular complexity index is 745. The highest BCUT2D eigenvalue weighted by Gasteiger charge is 2.21. The summed E-state index contributed by atoms with van der Waals surface area (Å²) in [6, 6.07) is 17.7. The Morgan fingerprint density at radius 1 is 0.952 bits per heavy atom. The Morgan fingerprint density at radius 2 is 1.43 bits per heavy atom. The molecule has 3 nitrogen and oxygen atoms in total. The third kappa shape index (κ3) is 3.68. The highest BCUT2D eigenvalue weighted by molar-refractivity contribution is 7.95. The lowest BCUT2D eigenvalue weighted by Gasteiger charge is -2.13. The average Bonchev–Trinajstić information content (AvgIpc) is 2.47. The van der Waals surface area contributed by atoms with Gasteiger partial charge in [0.25, 0.3) is 10.1 Å². The molecule has 0 aliphatic carbocycles. The molecule has 0 saturated heterocycles. The van der Waals surface area contributed by atoms with Crippen LogP contribution in [-0.2, 0) is 10.1 Å². The predicted octanol–water partition coefficient (Wildman–Crippen LogP) is 4.02. The van der Waals surface area contributed by atoms with Crippen LogP contribution in [0.2, 0.25) is 0 Å². The summed E-state index contributed by atoms with van der Waals surface area (Å²) in [7, 11) is -4.36. The molecule has 21 heavy (non-hydrogen) atoms. The van der Waals surface area contributed by atoms with E-state index in [4.69, 9.17) is 0 Å². The molecule has 4 heteroatoms. The quantitative estimate of drug-likeness (QED) is 0.515. The lowest BCUT2D eigenvalue weighted by atomic mass is 9.99. The second-order valence-electron chi connectivity index (χ2n) is 4.51. The summed E-state index contributed by atoms with van der Waals surface area (Å²) >= 11 is 0. The first-order valence-corrected chi connectivity index (χ1v) is 7.90. The van der Waals surface area contributed by atoms with Crippen LogP contribution in [0.25, 0.3) is 10.5 Å². The fourth-order valence-electron chi connectivity index (χ4n) is 2.19. The van der Waals surface area contributed by atoms with E-state index in [2.05, 4.69) is 6.58 Å². The van der Waals surface area contributed by atoms with Crippen molar-refractivity contribution in [2.75, 3.05) is 0 Å². The third-order valence-electron chi connectivity index (χ3n) is 3.04. The van der Waals surface area contributed by atoms with E-state index in [1.54, 1.807) is 36.4 Å². The van der Waals surface area contributed by atoms with Crippen LogP contribution in [0.5, 0.6) is 0 Å². The van der Waals surface area contributed by atoms with Crippen molar-refractivity contribution in [3.63, 3.8) is 0 Å². The summed E-state index contributed by atoms with van der Waals surface area (Å²) in [6.45, 7) is 3.67. The second kappa shape index (κ2) is 6.52. The molecule has 0 amide bonds. The van der Waals surface area contributed by atoms with Gasteiger partial charge in [-0.2, -0.15) is 8.42 Å². The summed E-state index contributed by atoms with van der Waals surface area (Å²) in [5.74, 6) is 0. The average molecular weight is 300 g/mol. The van der Waals surface area contributed by atoms with Gasteiger partial charge in [0.05, 0.1) is 0 Å². The lowest BCUT2D eigenvalue weighted by Crippen LogP contribution is -2.04. The molecule has 2 rings (SSSR count). The van der Waals surface area contributed by atoms with Gasteiger partial charge in [-0.05, 0) is 23.1 Å². The molecule has 0 bridgehead atoms. The largest absolute Gasteiger partial charge is 0.295 e. The first kappa shape index (κ1) is 15.2. The van der Waals surface area contributed by atoms with Gasteiger partial charge in [-0.3, -0.25) is 4.55 Å². The van der Waals surface area contributed by atoms with E-state index in [-0.39, 0.29) is 4.91 Å². The van der Waals surface area contributed by atoms with Crippen molar-refractivity contribution in [1.29, 1.82) is 0 Å². The second-order valence-corrected chi connectivity index (χ2v) is 5.87. The van der Waals surface area contributed by atoms with Crippen molar-refractivity contribution in [3.8, 4) is 0 Å². The third-order valence-corrected chi connectivity index (χ3v) is 4.04. The molecule has 1 N–H and O–H groups in total. The van der Waals surface area contributed by atoms with Crippen molar-refractivity contribution in [2.45, 2.75) is 6.42 Å². The van der Waals surface area contributed by atoms with Gasteiger partial charge in [0, 0.05) is 0 Å². The molecule has 0 aliphatic heterocycles. The smallest absolute Gasteiger partial charge is 0.282 e. The topological polar surface area (TPSA) is 54.4 Å².